The van der Waals surface area contributed by atoms with Gasteiger partial charge in [0.15, 0.2) is 0 Å². The van der Waals surface area contributed by atoms with E-state index in [1.807, 2.05) is 12.1 Å². The number of aromatic nitrogens is 1. The van der Waals surface area contributed by atoms with Crippen molar-refractivity contribution in [3.8, 4) is 22.6 Å². The lowest BCUT2D eigenvalue weighted by Crippen LogP contribution is -2.51. The van der Waals surface area contributed by atoms with E-state index in [2.05, 4.69) is 15.6 Å². The van der Waals surface area contributed by atoms with Crippen LogP contribution in [0, 0.1) is 5.92 Å². The molecule has 3 aliphatic heterocycles. The van der Waals surface area contributed by atoms with Crippen molar-refractivity contribution in [2.24, 2.45) is 18.0 Å². The van der Waals surface area contributed by atoms with Crippen molar-refractivity contribution >= 4 is 23.9 Å². The van der Waals surface area contributed by atoms with Gasteiger partial charge in [0.05, 0.1) is 39.8 Å². The predicted molar refractivity (Wildman–Crippen MR) is 178 cm³/mol. The van der Waals surface area contributed by atoms with Crippen LogP contribution in [0.25, 0.3) is 11.1 Å². The summed E-state index contributed by atoms with van der Waals surface area (Å²) >= 11 is 0. The van der Waals surface area contributed by atoms with Crippen LogP contribution in [-0.4, -0.2) is 73.2 Å². The Morgan fingerprint density at radius 1 is 1.08 bits per heavy atom. The number of hydrogen-bond acceptors (Lipinski definition) is 8. The summed E-state index contributed by atoms with van der Waals surface area (Å²) in [6.07, 6.45) is 4.75. The quantitative estimate of drug-likeness (QED) is 0.316. The second-order valence-electron chi connectivity index (χ2n) is 12.8. The summed E-state index contributed by atoms with van der Waals surface area (Å²) in [5.74, 6) is -4.50. The number of benzene rings is 2. The summed E-state index contributed by atoms with van der Waals surface area (Å²) in [7, 11) is 4.74. The lowest BCUT2D eigenvalue weighted by Gasteiger charge is -2.38. The van der Waals surface area contributed by atoms with E-state index in [0.717, 1.165) is 22.3 Å². The van der Waals surface area contributed by atoms with Gasteiger partial charge in [-0.2, -0.15) is 0 Å². The summed E-state index contributed by atoms with van der Waals surface area (Å²) < 4.78 is 43.8. The van der Waals surface area contributed by atoms with Crippen molar-refractivity contribution in [3.63, 3.8) is 0 Å². The minimum atomic E-state index is -3.13. The zero-order valence-electron chi connectivity index (χ0n) is 27.7. The number of alkyl halides is 2. The summed E-state index contributed by atoms with van der Waals surface area (Å²) in [6.45, 7) is -0.152. The topological polar surface area (TPSA) is 131 Å². The normalized spacial score (nSPS) is 19.8. The highest BCUT2D eigenvalue weighted by molar-refractivity contribution is 5.98. The molecule has 3 amide bonds. The van der Waals surface area contributed by atoms with E-state index in [1.165, 1.54) is 23.7 Å². The molecule has 2 aromatic carbocycles. The third kappa shape index (κ3) is 6.98. The molecule has 3 aromatic rings. The SMILES string of the molecule is COc1cc(-c2cn(C)c(=O)c3c2C=NC3)cc(OC)c1CNCC(=O)N1CCC(c2ccc(CC3CCC(=O)NC3=O)cc2)C(F)(F)C1. The smallest absolute Gasteiger partial charge is 0.272 e. The van der Waals surface area contributed by atoms with Crippen LogP contribution in [0.1, 0.15) is 53.0 Å². The van der Waals surface area contributed by atoms with E-state index in [4.69, 9.17) is 9.47 Å². The van der Waals surface area contributed by atoms with Crippen molar-refractivity contribution < 1.29 is 32.6 Å². The zero-order chi connectivity index (χ0) is 34.9. The van der Waals surface area contributed by atoms with E-state index < -0.39 is 24.3 Å². The Morgan fingerprint density at radius 3 is 2.45 bits per heavy atom. The molecule has 2 N–H and O–H groups in total. The van der Waals surface area contributed by atoms with Crippen molar-refractivity contribution in [1.29, 1.82) is 0 Å². The Morgan fingerprint density at radius 2 is 1.80 bits per heavy atom. The third-order valence-corrected chi connectivity index (χ3v) is 9.65. The van der Waals surface area contributed by atoms with Gasteiger partial charge in [-0.05, 0) is 48.1 Å². The van der Waals surface area contributed by atoms with Gasteiger partial charge in [0.2, 0.25) is 17.7 Å². The molecule has 13 heteroatoms. The number of amides is 3. The average Bonchev–Trinajstić information content (AvgIpc) is 3.58. The second kappa shape index (κ2) is 13.9. The van der Waals surface area contributed by atoms with Gasteiger partial charge in [0, 0.05) is 67.1 Å². The number of nitrogens with zero attached hydrogens (tertiary/aromatic N) is 3. The highest BCUT2D eigenvalue weighted by Gasteiger charge is 2.46. The number of imide groups is 1. The van der Waals surface area contributed by atoms with Crippen LogP contribution in [0.5, 0.6) is 11.5 Å². The summed E-state index contributed by atoms with van der Waals surface area (Å²) in [5.41, 5.74) is 4.83. The zero-order valence-corrected chi connectivity index (χ0v) is 27.7. The number of nitrogens with one attached hydrogen (secondary N) is 2. The maximum Gasteiger partial charge on any atom is 0.272 e. The molecule has 258 valence electrons. The lowest BCUT2D eigenvalue weighted by atomic mass is 9.84. The number of likely N-dealkylation sites (tertiary alicyclic amines) is 1. The Bertz CT molecular complexity index is 1850. The van der Waals surface area contributed by atoms with Crippen LogP contribution in [0.15, 0.2) is 52.4 Å². The minimum absolute atomic E-state index is 0.0969. The van der Waals surface area contributed by atoms with E-state index >= 15 is 8.78 Å². The molecule has 0 spiro atoms. The van der Waals surface area contributed by atoms with Gasteiger partial charge in [-0.15, -0.1) is 0 Å². The van der Waals surface area contributed by atoms with Crippen LogP contribution < -0.4 is 25.7 Å². The number of halogens is 2. The van der Waals surface area contributed by atoms with Crippen LogP contribution >= 0.6 is 0 Å². The molecule has 49 heavy (non-hydrogen) atoms. The van der Waals surface area contributed by atoms with E-state index in [0.29, 0.717) is 54.0 Å². The maximum atomic E-state index is 15.5. The number of hydrogen-bond donors (Lipinski definition) is 2. The van der Waals surface area contributed by atoms with E-state index in [9.17, 15) is 19.2 Å². The van der Waals surface area contributed by atoms with Crippen molar-refractivity contribution in [3.05, 3.63) is 80.8 Å². The molecule has 0 saturated carbocycles. The monoisotopic (exact) mass is 675 g/mol. The molecular formula is C36H39F2N5O6. The van der Waals surface area contributed by atoms with Crippen LogP contribution in [0.4, 0.5) is 8.78 Å². The molecule has 2 unspecified atom stereocenters. The van der Waals surface area contributed by atoms with Crippen LogP contribution in [-0.2, 0) is 40.9 Å². The molecule has 0 aliphatic carbocycles. The molecule has 2 saturated heterocycles. The lowest BCUT2D eigenvalue weighted by molar-refractivity contribution is -0.143. The molecule has 1 aromatic heterocycles. The average molecular weight is 676 g/mol. The highest BCUT2D eigenvalue weighted by Crippen LogP contribution is 2.41. The first-order chi connectivity index (χ1) is 23.5. The Labute approximate surface area is 282 Å². The first-order valence-corrected chi connectivity index (χ1v) is 16.3. The van der Waals surface area contributed by atoms with Crippen LogP contribution in [0.3, 0.4) is 0 Å². The largest absolute Gasteiger partial charge is 0.496 e. The second-order valence-corrected chi connectivity index (χ2v) is 12.8. The van der Waals surface area contributed by atoms with Crippen LogP contribution in [0.2, 0.25) is 0 Å². The number of piperidine rings is 2. The summed E-state index contributed by atoms with van der Waals surface area (Å²) in [4.78, 5) is 54.7. The minimum Gasteiger partial charge on any atom is -0.496 e. The molecule has 2 atom stereocenters. The number of methoxy groups -OCH3 is 2. The number of fused-ring (bicyclic) bond motifs is 1. The van der Waals surface area contributed by atoms with Gasteiger partial charge < -0.3 is 24.3 Å². The molecule has 11 nitrogen and oxygen atoms in total. The number of carbonyl (C=O) groups is 3. The molecule has 3 aliphatic rings. The first kappa shape index (κ1) is 34.0. The number of pyridine rings is 1. The Balaban J connectivity index is 1.07. The fraction of sp³-hybridized carbons (Fsp3) is 0.417. The number of rotatable bonds is 10. The van der Waals surface area contributed by atoms with Crippen molar-refractivity contribution in [2.75, 3.05) is 33.9 Å². The molecular weight excluding hydrogens is 636 g/mol. The molecule has 2 fully saturated rings. The van der Waals surface area contributed by atoms with Gasteiger partial charge in [-0.1, -0.05) is 24.3 Å². The Kier molecular flexibility index (Phi) is 9.64. The molecule has 4 heterocycles. The van der Waals surface area contributed by atoms with Gasteiger partial charge >= 0.3 is 0 Å². The van der Waals surface area contributed by atoms with Crippen molar-refractivity contribution in [2.45, 2.75) is 50.6 Å². The third-order valence-electron chi connectivity index (χ3n) is 9.65. The van der Waals surface area contributed by atoms with E-state index in [1.54, 1.807) is 43.7 Å². The maximum absolute atomic E-state index is 15.5. The van der Waals surface area contributed by atoms with Gasteiger partial charge in [0.25, 0.3) is 11.5 Å². The molecule has 0 radical (unpaired) electrons. The fourth-order valence-corrected chi connectivity index (χ4v) is 6.96. The number of carbonyl (C=O) groups excluding carboxylic acids is 3. The molecule has 6 rings (SSSR count). The van der Waals surface area contributed by atoms with Gasteiger partial charge in [0.1, 0.15) is 11.5 Å². The fourth-order valence-electron chi connectivity index (χ4n) is 6.96. The first-order valence-electron chi connectivity index (χ1n) is 16.3. The number of ether oxygens (including phenoxy) is 2. The summed E-state index contributed by atoms with van der Waals surface area (Å²) in [5, 5.41) is 5.42. The summed E-state index contributed by atoms with van der Waals surface area (Å²) in [6, 6.07) is 10.5. The molecule has 0 bridgehead atoms. The van der Waals surface area contributed by atoms with E-state index in [-0.39, 0.29) is 49.3 Å². The van der Waals surface area contributed by atoms with Gasteiger partial charge in [-0.3, -0.25) is 29.5 Å². The number of aryl methyl sites for hydroxylation is 1. The van der Waals surface area contributed by atoms with Gasteiger partial charge in [-0.25, -0.2) is 8.78 Å². The highest BCUT2D eigenvalue weighted by atomic mass is 19.3. The standard InChI is InChI=1S/C36H39F2N5O6/c1-42-19-28(25-15-39-16-26(25)35(42)47)24-13-30(48-2)27(31(14-24)49-3)17-40-18-33(45)43-11-10-29(36(37,38)20-43)22-6-4-21(5-7-22)12-23-8-9-32(44)41-34(23)46/h4-7,13-15,19,23,29,40H,8-12,16-18,20H2,1-3H3,(H,41,44,46). The Hall–Kier alpha value is -4.91. The predicted octanol–water partition coefficient (Wildman–Crippen LogP) is 3.34. The number of aliphatic imine (C=N–C) groups is 1. The van der Waals surface area contributed by atoms with Crippen molar-refractivity contribution in [1.82, 2.24) is 20.1 Å².